The lowest BCUT2D eigenvalue weighted by Crippen LogP contribution is -2.49. The summed E-state index contributed by atoms with van der Waals surface area (Å²) in [6.45, 7) is 0. The molecule has 1 aromatic carbocycles. The molecule has 1 aliphatic carbocycles. The summed E-state index contributed by atoms with van der Waals surface area (Å²) in [7, 11) is 0. The number of hydrogen-bond acceptors (Lipinski definition) is 2. The number of benzene rings is 1. The molecule has 17 heavy (non-hydrogen) atoms. The van der Waals surface area contributed by atoms with Gasteiger partial charge in [-0.3, -0.25) is 0 Å². The van der Waals surface area contributed by atoms with E-state index >= 15 is 0 Å². The zero-order chi connectivity index (χ0) is 11.7. The van der Waals surface area contributed by atoms with Gasteiger partial charge in [-0.1, -0.05) is 37.5 Å². The van der Waals surface area contributed by atoms with Gasteiger partial charge in [0, 0.05) is 6.04 Å². The molecule has 1 aliphatic heterocycles. The topological polar surface area (TPSA) is 29.3 Å². The summed E-state index contributed by atoms with van der Waals surface area (Å²) < 4.78 is 0. The molecule has 1 unspecified atom stereocenters. The van der Waals surface area contributed by atoms with Crippen LogP contribution in [-0.4, -0.2) is 6.04 Å². The van der Waals surface area contributed by atoms with Gasteiger partial charge in [0.25, 0.3) is 0 Å². The molecule has 0 spiro atoms. The van der Waals surface area contributed by atoms with Crippen LogP contribution in [0.3, 0.4) is 0 Å². The van der Waals surface area contributed by atoms with Crippen LogP contribution in [0, 0.1) is 5.92 Å². The van der Waals surface area contributed by atoms with Crippen molar-refractivity contribution in [2.24, 2.45) is 11.8 Å². The van der Waals surface area contributed by atoms with Crippen molar-refractivity contribution in [3.05, 3.63) is 29.8 Å². The fraction of sp³-hybridized carbons (Fsp3) is 0.600. The molecule has 3 rings (SSSR count). The van der Waals surface area contributed by atoms with Gasteiger partial charge in [0.05, 0.1) is 5.69 Å². The van der Waals surface area contributed by atoms with E-state index in [1.807, 2.05) is 0 Å². The van der Waals surface area contributed by atoms with Gasteiger partial charge < -0.3 is 5.01 Å². The van der Waals surface area contributed by atoms with Gasteiger partial charge in [0.15, 0.2) is 0 Å². The van der Waals surface area contributed by atoms with Crippen LogP contribution in [0.2, 0.25) is 0 Å². The summed E-state index contributed by atoms with van der Waals surface area (Å²) in [5.74, 6) is 7.18. The second kappa shape index (κ2) is 4.69. The minimum absolute atomic E-state index is 0.574. The lowest BCUT2D eigenvalue weighted by Gasteiger charge is -2.41. The Kier molecular flexibility index (Phi) is 3.06. The van der Waals surface area contributed by atoms with Gasteiger partial charge in [0.1, 0.15) is 0 Å². The Morgan fingerprint density at radius 2 is 1.76 bits per heavy atom. The van der Waals surface area contributed by atoms with Crippen LogP contribution >= 0.6 is 0 Å². The molecule has 0 amide bonds. The Bertz CT molecular complexity index is 382. The minimum atomic E-state index is 0.574. The van der Waals surface area contributed by atoms with Crippen molar-refractivity contribution in [3.63, 3.8) is 0 Å². The second-order valence-corrected chi connectivity index (χ2v) is 5.54. The highest BCUT2D eigenvalue weighted by molar-refractivity contribution is 5.55. The summed E-state index contributed by atoms with van der Waals surface area (Å²) >= 11 is 0. The van der Waals surface area contributed by atoms with Crippen LogP contribution in [0.15, 0.2) is 24.3 Å². The molecule has 2 N–H and O–H groups in total. The normalized spacial score (nSPS) is 25.7. The number of fused-ring (bicyclic) bond motifs is 1. The quantitative estimate of drug-likeness (QED) is 0.750. The van der Waals surface area contributed by atoms with Crippen molar-refractivity contribution in [2.75, 3.05) is 5.01 Å². The highest BCUT2D eigenvalue weighted by atomic mass is 15.4. The fourth-order valence-corrected chi connectivity index (χ4v) is 3.58. The maximum absolute atomic E-state index is 6.35. The Hall–Kier alpha value is -1.02. The summed E-state index contributed by atoms with van der Waals surface area (Å²) in [6.07, 6.45) is 9.40. The number of rotatable bonds is 1. The van der Waals surface area contributed by atoms with Crippen molar-refractivity contribution in [2.45, 2.75) is 51.0 Å². The summed E-state index contributed by atoms with van der Waals surface area (Å²) in [4.78, 5) is 0. The number of hydrazine groups is 1. The lowest BCUT2D eigenvalue weighted by atomic mass is 9.80. The van der Waals surface area contributed by atoms with E-state index in [0.717, 1.165) is 5.92 Å². The minimum Gasteiger partial charge on any atom is -0.307 e. The van der Waals surface area contributed by atoms with E-state index in [9.17, 15) is 0 Å². The molecule has 2 nitrogen and oxygen atoms in total. The van der Waals surface area contributed by atoms with E-state index in [1.165, 1.54) is 56.2 Å². The third-order valence-electron chi connectivity index (χ3n) is 4.53. The summed E-state index contributed by atoms with van der Waals surface area (Å²) in [6, 6.07) is 9.18. The molecule has 0 saturated heterocycles. The first-order valence-electron chi connectivity index (χ1n) is 6.98. The van der Waals surface area contributed by atoms with E-state index in [-0.39, 0.29) is 0 Å². The first-order valence-corrected chi connectivity index (χ1v) is 6.98. The molecule has 92 valence electrons. The highest BCUT2D eigenvalue weighted by Crippen LogP contribution is 2.36. The van der Waals surface area contributed by atoms with Crippen LogP contribution in [0.25, 0.3) is 0 Å². The van der Waals surface area contributed by atoms with Crippen LogP contribution in [-0.2, 0) is 6.42 Å². The Labute approximate surface area is 104 Å². The third kappa shape index (κ3) is 2.06. The Morgan fingerprint density at radius 3 is 2.59 bits per heavy atom. The maximum atomic E-state index is 6.35. The highest BCUT2D eigenvalue weighted by Gasteiger charge is 2.31. The Balaban J connectivity index is 1.81. The molecule has 1 atom stereocenters. The predicted octanol–water partition coefficient (Wildman–Crippen LogP) is 3.26. The fourth-order valence-electron chi connectivity index (χ4n) is 3.58. The second-order valence-electron chi connectivity index (χ2n) is 5.54. The van der Waals surface area contributed by atoms with E-state index in [2.05, 4.69) is 29.3 Å². The molecule has 2 heteroatoms. The Morgan fingerprint density at radius 1 is 1.00 bits per heavy atom. The largest absolute Gasteiger partial charge is 0.307 e. The molecule has 1 heterocycles. The number of anilines is 1. The number of para-hydroxylation sites is 1. The van der Waals surface area contributed by atoms with Gasteiger partial charge in [-0.15, -0.1) is 0 Å². The smallest absolute Gasteiger partial charge is 0.0552 e. The van der Waals surface area contributed by atoms with Gasteiger partial charge in [-0.25, -0.2) is 5.84 Å². The van der Waals surface area contributed by atoms with Gasteiger partial charge in [-0.05, 0) is 43.2 Å². The summed E-state index contributed by atoms with van der Waals surface area (Å²) in [5.41, 5.74) is 2.68. The number of aryl methyl sites for hydroxylation is 1. The van der Waals surface area contributed by atoms with Crippen LogP contribution in [0.5, 0.6) is 0 Å². The van der Waals surface area contributed by atoms with E-state index in [1.54, 1.807) is 0 Å². The molecule has 1 aromatic rings. The number of hydrogen-bond donors (Lipinski definition) is 1. The SMILES string of the molecule is NN1c2ccccc2CCC1C1CCCCC1. The van der Waals surface area contributed by atoms with Crippen molar-refractivity contribution >= 4 is 5.69 Å². The molecular formula is C15H22N2. The number of nitrogens with zero attached hydrogens (tertiary/aromatic N) is 1. The van der Waals surface area contributed by atoms with E-state index in [4.69, 9.17) is 5.84 Å². The average molecular weight is 230 g/mol. The molecule has 0 bridgehead atoms. The first kappa shape index (κ1) is 11.1. The van der Waals surface area contributed by atoms with E-state index < -0.39 is 0 Å². The maximum Gasteiger partial charge on any atom is 0.0552 e. The molecule has 1 saturated carbocycles. The molecular weight excluding hydrogens is 208 g/mol. The van der Waals surface area contributed by atoms with Crippen molar-refractivity contribution in [1.29, 1.82) is 0 Å². The van der Waals surface area contributed by atoms with E-state index in [0.29, 0.717) is 6.04 Å². The lowest BCUT2D eigenvalue weighted by molar-refractivity contribution is 0.278. The predicted molar refractivity (Wildman–Crippen MR) is 71.8 cm³/mol. The zero-order valence-corrected chi connectivity index (χ0v) is 10.4. The van der Waals surface area contributed by atoms with Gasteiger partial charge in [-0.2, -0.15) is 0 Å². The van der Waals surface area contributed by atoms with Gasteiger partial charge in [0.2, 0.25) is 0 Å². The van der Waals surface area contributed by atoms with Crippen LogP contribution in [0.1, 0.15) is 44.1 Å². The zero-order valence-electron chi connectivity index (χ0n) is 10.4. The summed E-state index contributed by atoms with van der Waals surface area (Å²) in [5, 5.41) is 2.06. The van der Waals surface area contributed by atoms with Crippen LogP contribution < -0.4 is 10.9 Å². The van der Waals surface area contributed by atoms with Crippen molar-refractivity contribution in [1.82, 2.24) is 0 Å². The average Bonchev–Trinajstić information content (AvgIpc) is 2.40. The van der Waals surface area contributed by atoms with Crippen molar-refractivity contribution < 1.29 is 0 Å². The molecule has 2 aliphatic rings. The molecule has 0 radical (unpaired) electrons. The number of nitrogens with two attached hydrogens (primary N) is 1. The van der Waals surface area contributed by atoms with Crippen LogP contribution in [0.4, 0.5) is 5.69 Å². The first-order chi connectivity index (χ1) is 8.36. The monoisotopic (exact) mass is 230 g/mol. The standard InChI is InChI=1S/C15H22N2/c16-17-14-9-5-4-8-13(14)10-11-15(17)12-6-2-1-3-7-12/h4-5,8-9,12,15H,1-3,6-7,10-11,16H2. The molecule has 0 aromatic heterocycles. The molecule has 1 fully saturated rings. The third-order valence-corrected chi connectivity index (χ3v) is 4.53. The van der Waals surface area contributed by atoms with Gasteiger partial charge >= 0.3 is 0 Å². The van der Waals surface area contributed by atoms with Crippen molar-refractivity contribution in [3.8, 4) is 0 Å².